The quantitative estimate of drug-likeness (QED) is 0.347. The maximum absolute atomic E-state index is 12.0. The monoisotopic (exact) mass is 459 g/mol. The fourth-order valence-electron chi connectivity index (χ4n) is 2.90. The van der Waals surface area contributed by atoms with Crippen LogP contribution in [0.2, 0.25) is 0 Å². The number of amides is 1. The summed E-state index contributed by atoms with van der Waals surface area (Å²) in [6.45, 7) is 5.84. The molecule has 1 aromatic carbocycles. The first-order chi connectivity index (χ1) is 11.7. The zero-order chi connectivity index (χ0) is 17.2. The van der Waals surface area contributed by atoms with E-state index in [1.165, 1.54) is 13.0 Å². The number of benzene rings is 1. The van der Waals surface area contributed by atoms with Gasteiger partial charge in [0, 0.05) is 31.9 Å². The molecule has 0 aliphatic carbocycles. The Kier molecular flexibility index (Phi) is 10.5. The highest BCUT2D eigenvalue weighted by molar-refractivity contribution is 14.0. The highest BCUT2D eigenvalue weighted by Crippen LogP contribution is 2.10. The normalized spacial score (nSPS) is 16.0. The number of halogens is 1. The van der Waals surface area contributed by atoms with Crippen molar-refractivity contribution >= 4 is 41.5 Å². The van der Waals surface area contributed by atoms with Crippen LogP contribution in [0.3, 0.4) is 0 Å². The molecule has 1 aromatic rings. The summed E-state index contributed by atoms with van der Waals surface area (Å²) < 4.78 is 0. The number of rotatable bonds is 6. The number of guanidine groups is 1. The molecule has 1 amide bonds. The predicted octanol–water partition coefficient (Wildman–Crippen LogP) is 2.28. The van der Waals surface area contributed by atoms with Crippen LogP contribution in [0.5, 0.6) is 0 Å². The van der Waals surface area contributed by atoms with Crippen LogP contribution in [0, 0.1) is 0 Å². The largest absolute Gasteiger partial charge is 0.354 e. The van der Waals surface area contributed by atoms with Gasteiger partial charge >= 0.3 is 0 Å². The van der Waals surface area contributed by atoms with Crippen molar-refractivity contribution in [1.29, 1.82) is 0 Å². The number of hydrogen-bond acceptors (Lipinski definition) is 3. The van der Waals surface area contributed by atoms with E-state index in [-0.39, 0.29) is 36.4 Å². The molecule has 6 nitrogen and oxygen atoms in total. The number of likely N-dealkylation sites (tertiary alicyclic amines) is 1. The van der Waals surface area contributed by atoms with Crippen molar-refractivity contribution in [3.05, 3.63) is 30.3 Å². The van der Waals surface area contributed by atoms with Crippen LogP contribution < -0.4 is 16.0 Å². The van der Waals surface area contributed by atoms with E-state index in [2.05, 4.69) is 32.8 Å². The Balaban J connectivity index is 0.00000312. The third-order valence-electron chi connectivity index (χ3n) is 4.17. The molecular formula is C18H30IN5O. The average Bonchev–Trinajstić information content (AvgIpc) is 2.61. The molecule has 3 N–H and O–H groups in total. The van der Waals surface area contributed by atoms with Gasteiger partial charge in [-0.25, -0.2) is 0 Å². The highest BCUT2D eigenvalue weighted by Gasteiger charge is 2.19. The Labute approximate surface area is 167 Å². The van der Waals surface area contributed by atoms with Gasteiger partial charge in [0.15, 0.2) is 5.96 Å². The van der Waals surface area contributed by atoms with Crippen LogP contribution in [-0.2, 0) is 4.79 Å². The first-order valence-corrected chi connectivity index (χ1v) is 8.75. The molecule has 0 aromatic heterocycles. The number of aliphatic imine (C=N–C) groups is 1. The Morgan fingerprint density at radius 3 is 2.52 bits per heavy atom. The number of carbonyl (C=O) groups excluding carboxylic acids is 1. The van der Waals surface area contributed by atoms with Gasteiger partial charge < -0.3 is 20.9 Å². The molecule has 140 valence electrons. The second-order valence-corrected chi connectivity index (χ2v) is 6.10. The van der Waals surface area contributed by atoms with E-state index in [1.54, 1.807) is 7.05 Å². The van der Waals surface area contributed by atoms with Gasteiger partial charge in [0.25, 0.3) is 0 Å². The molecule has 1 aliphatic heterocycles. The Morgan fingerprint density at radius 1 is 1.24 bits per heavy atom. The maximum Gasteiger partial charge on any atom is 0.243 e. The van der Waals surface area contributed by atoms with Crippen molar-refractivity contribution in [1.82, 2.24) is 15.5 Å². The van der Waals surface area contributed by atoms with E-state index in [9.17, 15) is 4.79 Å². The van der Waals surface area contributed by atoms with Crippen molar-refractivity contribution in [3.8, 4) is 0 Å². The lowest BCUT2D eigenvalue weighted by atomic mass is 10.1. The van der Waals surface area contributed by atoms with Gasteiger partial charge in [0.1, 0.15) is 0 Å². The topological polar surface area (TPSA) is 68.8 Å². The predicted molar refractivity (Wildman–Crippen MR) is 115 cm³/mol. The molecule has 1 aliphatic rings. The zero-order valence-corrected chi connectivity index (χ0v) is 17.5. The van der Waals surface area contributed by atoms with E-state index in [4.69, 9.17) is 0 Å². The molecule has 7 heteroatoms. The van der Waals surface area contributed by atoms with E-state index in [0.29, 0.717) is 12.0 Å². The summed E-state index contributed by atoms with van der Waals surface area (Å²) in [4.78, 5) is 18.7. The van der Waals surface area contributed by atoms with E-state index >= 15 is 0 Å². The Bertz CT molecular complexity index is 530. The SMILES string of the molecule is CCCN1CCC(NC(=NC)NCC(=O)Nc2ccccc2)CC1.I. The van der Waals surface area contributed by atoms with Gasteiger partial charge in [0.05, 0.1) is 6.54 Å². The molecule has 1 fully saturated rings. The minimum Gasteiger partial charge on any atom is -0.354 e. The van der Waals surface area contributed by atoms with Crippen molar-refractivity contribution in [2.45, 2.75) is 32.2 Å². The van der Waals surface area contributed by atoms with Crippen LogP contribution in [0.1, 0.15) is 26.2 Å². The van der Waals surface area contributed by atoms with Gasteiger partial charge in [-0.2, -0.15) is 0 Å². The van der Waals surface area contributed by atoms with Gasteiger partial charge in [-0.05, 0) is 37.9 Å². The highest BCUT2D eigenvalue weighted by atomic mass is 127. The van der Waals surface area contributed by atoms with Gasteiger partial charge in [-0.3, -0.25) is 9.79 Å². The van der Waals surface area contributed by atoms with Gasteiger partial charge in [-0.1, -0.05) is 25.1 Å². The molecule has 25 heavy (non-hydrogen) atoms. The number of anilines is 1. The Hall–Kier alpha value is -1.35. The van der Waals surface area contributed by atoms with Crippen molar-refractivity contribution in [3.63, 3.8) is 0 Å². The lowest BCUT2D eigenvalue weighted by Gasteiger charge is -2.32. The molecule has 0 unspecified atom stereocenters. The summed E-state index contributed by atoms with van der Waals surface area (Å²) in [5.74, 6) is 0.606. The van der Waals surface area contributed by atoms with Crippen LogP contribution in [0.15, 0.2) is 35.3 Å². The number of nitrogens with zero attached hydrogens (tertiary/aromatic N) is 2. The fourth-order valence-corrected chi connectivity index (χ4v) is 2.90. The molecular weight excluding hydrogens is 429 g/mol. The smallest absolute Gasteiger partial charge is 0.243 e. The van der Waals surface area contributed by atoms with E-state index in [1.807, 2.05) is 30.3 Å². The third-order valence-corrected chi connectivity index (χ3v) is 4.17. The second-order valence-electron chi connectivity index (χ2n) is 6.10. The third kappa shape index (κ3) is 8.04. The molecule has 0 saturated carbocycles. The molecule has 0 atom stereocenters. The van der Waals surface area contributed by atoms with Crippen LogP contribution >= 0.6 is 24.0 Å². The minimum absolute atomic E-state index is 0. The van der Waals surface area contributed by atoms with Crippen molar-refractivity contribution in [2.75, 3.05) is 38.5 Å². The van der Waals surface area contributed by atoms with Crippen LogP contribution in [-0.4, -0.2) is 56.0 Å². The lowest BCUT2D eigenvalue weighted by Crippen LogP contribution is -2.49. The summed E-state index contributed by atoms with van der Waals surface area (Å²) in [7, 11) is 1.73. The summed E-state index contributed by atoms with van der Waals surface area (Å²) >= 11 is 0. The van der Waals surface area contributed by atoms with Crippen molar-refractivity contribution in [2.24, 2.45) is 4.99 Å². The van der Waals surface area contributed by atoms with Crippen LogP contribution in [0.4, 0.5) is 5.69 Å². The van der Waals surface area contributed by atoms with E-state index in [0.717, 1.165) is 31.6 Å². The molecule has 0 bridgehead atoms. The minimum atomic E-state index is -0.0816. The number of hydrogen-bond donors (Lipinski definition) is 3. The van der Waals surface area contributed by atoms with E-state index < -0.39 is 0 Å². The molecule has 0 radical (unpaired) electrons. The number of nitrogens with one attached hydrogen (secondary N) is 3. The number of piperidine rings is 1. The molecule has 2 rings (SSSR count). The first-order valence-electron chi connectivity index (χ1n) is 8.75. The maximum atomic E-state index is 12.0. The molecule has 1 heterocycles. The zero-order valence-electron chi connectivity index (χ0n) is 15.1. The molecule has 0 spiro atoms. The first kappa shape index (κ1) is 21.7. The van der Waals surface area contributed by atoms with Crippen LogP contribution in [0.25, 0.3) is 0 Å². The lowest BCUT2D eigenvalue weighted by molar-refractivity contribution is -0.115. The standard InChI is InChI=1S/C18H29N5O.HI/c1-3-11-23-12-9-16(10-13-23)22-18(19-2)20-14-17(24)21-15-7-5-4-6-8-15;/h4-8,16H,3,9-14H2,1-2H3,(H,21,24)(H2,19,20,22);1H. The second kappa shape index (κ2) is 12.1. The number of carbonyl (C=O) groups is 1. The summed E-state index contributed by atoms with van der Waals surface area (Å²) in [6.07, 6.45) is 3.42. The van der Waals surface area contributed by atoms with Crippen molar-refractivity contribution < 1.29 is 4.79 Å². The summed E-state index contributed by atoms with van der Waals surface area (Å²) in [5.41, 5.74) is 0.801. The summed E-state index contributed by atoms with van der Waals surface area (Å²) in [5, 5.41) is 9.36. The van der Waals surface area contributed by atoms with Gasteiger partial charge in [-0.15, -0.1) is 24.0 Å². The number of para-hydroxylation sites is 1. The fraction of sp³-hybridized carbons (Fsp3) is 0.556. The summed E-state index contributed by atoms with van der Waals surface area (Å²) in [6, 6.07) is 9.87. The molecule has 1 saturated heterocycles. The van der Waals surface area contributed by atoms with Gasteiger partial charge in [0.2, 0.25) is 5.91 Å². The average molecular weight is 459 g/mol. The Morgan fingerprint density at radius 2 is 1.92 bits per heavy atom.